The fraction of sp³-hybridized carbons (Fsp3) is 1.00. The molecule has 1 aliphatic heterocycles. The van der Waals surface area contributed by atoms with Gasteiger partial charge in [0.25, 0.3) is 0 Å². The molecule has 0 aliphatic carbocycles. The van der Waals surface area contributed by atoms with E-state index in [1.165, 1.54) is 19.3 Å². The fourth-order valence-corrected chi connectivity index (χ4v) is 2.77. The molecule has 1 fully saturated rings. The van der Waals surface area contributed by atoms with Crippen LogP contribution in [0, 0.1) is 0 Å². The number of ether oxygens (including phenoxy) is 1. The summed E-state index contributed by atoms with van der Waals surface area (Å²) in [4.78, 5) is 0. The molecule has 0 radical (unpaired) electrons. The first kappa shape index (κ1) is 11.3. The highest BCUT2D eigenvalue weighted by Crippen LogP contribution is 2.22. The molecule has 0 aromatic carbocycles. The van der Waals surface area contributed by atoms with Crippen LogP contribution in [-0.4, -0.2) is 30.3 Å². The molecule has 1 unspecified atom stereocenters. The van der Waals surface area contributed by atoms with E-state index >= 15 is 0 Å². The molecule has 0 aromatic heterocycles. The standard InChI is InChI=1S/C10H21NOS/c1-2-3-9(11)8-13-10-4-6-12-7-5-10/h9-10H,2-8,11H2,1H3. The largest absolute Gasteiger partial charge is 0.381 e. The van der Waals surface area contributed by atoms with E-state index in [0.29, 0.717) is 6.04 Å². The Kier molecular flexibility index (Phi) is 5.83. The minimum Gasteiger partial charge on any atom is -0.381 e. The van der Waals surface area contributed by atoms with Crippen molar-refractivity contribution in [1.29, 1.82) is 0 Å². The Balaban J connectivity index is 2.03. The monoisotopic (exact) mass is 203 g/mol. The van der Waals surface area contributed by atoms with Crippen molar-refractivity contribution in [3.63, 3.8) is 0 Å². The first-order chi connectivity index (χ1) is 6.33. The SMILES string of the molecule is CCCC(N)CSC1CCOCC1. The van der Waals surface area contributed by atoms with E-state index in [1.54, 1.807) is 0 Å². The zero-order valence-corrected chi connectivity index (χ0v) is 9.31. The van der Waals surface area contributed by atoms with Gasteiger partial charge in [-0.25, -0.2) is 0 Å². The molecule has 0 aromatic rings. The zero-order valence-electron chi connectivity index (χ0n) is 8.50. The molecular weight excluding hydrogens is 182 g/mol. The van der Waals surface area contributed by atoms with Crippen LogP contribution < -0.4 is 5.73 Å². The molecular formula is C10H21NOS. The van der Waals surface area contributed by atoms with Crippen molar-refractivity contribution in [3.05, 3.63) is 0 Å². The highest BCUT2D eigenvalue weighted by atomic mass is 32.2. The molecule has 3 heteroatoms. The average Bonchev–Trinajstić information content (AvgIpc) is 2.17. The Morgan fingerprint density at radius 2 is 2.15 bits per heavy atom. The fourth-order valence-electron chi connectivity index (χ4n) is 1.56. The molecule has 1 aliphatic rings. The van der Waals surface area contributed by atoms with Crippen LogP contribution in [0.4, 0.5) is 0 Å². The maximum absolute atomic E-state index is 5.95. The summed E-state index contributed by atoms with van der Waals surface area (Å²) < 4.78 is 5.31. The predicted octanol–water partition coefficient (Wildman–Crippen LogP) is 2.03. The lowest BCUT2D eigenvalue weighted by Gasteiger charge is -2.22. The lowest BCUT2D eigenvalue weighted by atomic mass is 10.2. The summed E-state index contributed by atoms with van der Waals surface area (Å²) in [6.45, 7) is 4.08. The Morgan fingerprint density at radius 3 is 2.77 bits per heavy atom. The van der Waals surface area contributed by atoms with Crippen molar-refractivity contribution in [1.82, 2.24) is 0 Å². The molecule has 1 saturated heterocycles. The van der Waals surface area contributed by atoms with Gasteiger partial charge in [0.2, 0.25) is 0 Å². The van der Waals surface area contributed by atoms with Crippen molar-refractivity contribution in [2.75, 3.05) is 19.0 Å². The van der Waals surface area contributed by atoms with E-state index in [2.05, 4.69) is 6.92 Å². The lowest BCUT2D eigenvalue weighted by Crippen LogP contribution is -2.25. The minimum absolute atomic E-state index is 0.401. The molecule has 78 valence electrons. The van der Waals surface area contributed by atoms with E-state index < -0.39 is 0 Å². The molecule has 0 bridgehead atoms. The van der Waals surface area contributed by atoms with Gasteiger partial charge in [0, 0.05) is 30.3 Å². The Bertz CT molecular complexity index is 126. The number of rotatable bonds is 5. The van der Waals surface area contributed by atoms with Gasteiger partial charge in [-0.1, -0.05) is 13.3 Å². The maximum Gasteiger partial charge on any atom is 0.0476 e. The lowest BCUT2D eigenvalue weighted by molar-refractivity contribution is 0.1000. The smallest absolute Gasteiger partial charge is 0.0476 e. The van der Waals surface area contributed by atoms with Crippen LogP contribution in [0.2, 0.25) is 0 Å². The average molecular weight is 203 g/mol. The van der Waals surface area contributed by atoms with E-state index in [0.717, 1.165) is 30.6 Å². The highest BCUT2D eigenvalue weighted by molar-refractivity contribution is 7.99. The topological polar surface area (TPSA) is 35.2 Å². The van der Waals surface area contributed by atoms with Gasteiger partial charge in [-0.15, -0.1) is 0 Å². The summed E-state index contributed by atoms with van der Waals surface area (Å²) in [6.07, 6.45) is 4.79. The van der Waals surface area contributed by atoms with Crippen molar-refractivity contribution >= 4 is 11.8 Å². The van der Waals surface area contributed by atoms with Crippen LogP contribution in [-0.2, 0) is 4.74 Å². The molecule has 13 heavy (non-hydrogen) atoms. The van der Waals surface area contributed by atoms with Crippen LogP contribution in [0.25, 0.3) is 0 Å². The maximum atomic E-state index is 5.95. The third kappa shape index (κ3) is 4.89. The van der Waals surface area contributed by atoms with Crippen molar-refractivity contribution in [2.45, 2.75) is 43.9 Å². The van der Waals surface area contributed by atoms with Gasteiger partial charge >= 0.3 is 0 Å². The minimum atomic E-state index is 0.401. The first-order valence-corrected chi connectivity index (χ1v) is 6.32. The molecule has 2 N–H and O–H groups in total. The van der Waals surface area contributed by atoms with Gasteiger partial charge in [-0.3, -0.25) is 0 Å². The third-order valence-corrected chi connectivity index (χ3v) is 3.94. The first-order valence-electron chi connectivity index (χ1n) is 5.28. The van der Waals surface area contributed by atoms with Crippen LogP contribution in [0.3, 0.4) is 0 Å². The number of thioether (sulfide) groups is 1. The molecule has 0 spiro atoms. The number of nitrogens with two attached hydrogens (primary N) is 1. The normalized spacial score (nSPS) is 21.7. The Morgan fingerprint density at radius 1 is 1.46 bits per heavy atom. The summed E-state index contributed by atoms with van der Waals surface area (Å²) in [6, 6.07) is 0.401. The summed E-state index contributed by atoms with van der Waals surface area (Å²) >= 11 is 2.04. The second kappa shape index (κ2) is 6.68. The molecule has 1 atom stereocenters. The Hall–Kier alpha value is 0.270. The number of hydrogen-bond donors (Lipinski definition) is 1. The van der Waals surface area contributed by atoms with Crippen molar-refractivity contribution in [2.24, 2.45) is 5.73 Å². The quantitative estimate of drug-likeness (QED) is 0.742. The molecule has 0 saturated carbocycles. The molecule has 0 amide bonds. The predicted molar refractivity (Wildman–Crippen MR) is 59.2 cm³/mol. The second-order valence-electron chi connectivity index (χ2n) is 3.69. The molecule has 1 rings (SSSR count). The van der Waals surface area contributed by atoms with E-state index in [4.69, 9.17) is 10.5 Å². The molecule has 1 heterocycles. The van der Waals surface area contributed by atoms with Gasteiger partial charge in [-0.05, 0) is 19.3 Å². The van der Waals surface area contributed by atoms with Crippen LogP contribution in [0.15, 0.2) is 0 Å². The summed E-state index contributed by atoms with van der Waals surface area (Å²) in [7, 11) is 0. The van der Waals surface area contributed by atoms with Gasteiger partial charge in [0.15, 0.2) is 0 Å². The summed E-state index contributed by atoms with van der Waals surface area (Å²) in [5.74, 6) is 1.12. The number of hydrogen-bond acceptors (Lipinski definition) is 3. The zero-order chi connectivity index (χ0) is 9.52. The van der Waals surface area contributed by atoms with Crippen molar-refractivity contribution in [3.8, 4) is 0 Å². The van der Waals surface area contributed by atoms with Crippen molar-refractivity contribution < 1.29 is 4.74 Å². The van der Waals surface area contributed by atoms with Gasteiger partial charge in [-0.2, -0.15) is 11.8 Å². The van der Waals surface area contributed by atoms with Gasteiger partial charge < -0.3 is 10.5 Å². The van der Waals surface area contributed by atoms with E-state index in [-0.39, 0.29) is 0 Å². The second-order valence-corrected chi connectivity index (χ2v) is 5.03. The van der Waals surface area contributed by atoms with E-state index in [9.17, 15) is 0 Å². The Labute approximate surface area is 85.6 Å². The third-order valence-electron chi connectivity index (χ3n) is 2.37. The highest BCUT2D eigenvalue weighted by Gasteiger charge is 2.14. The van der Waals surface area contributed by atoms with Crippen LogP contribution in [0.5, 0.6) is 0 Å². The van der Waals surface area contributed by atoms with Crippen LogP contribution >= 0.6 is 11.8 Å². The summed E-state index contributed by atoms with van der Waals surface area (Å²) in [5.41, 5.74) is 5.95. The van der Waals surface area contributed by atoms with Gasteiger partial charge in [0.1, 0.15) is 0 Å². The van der Waals surface area contributed by atoms with Gasteiger partial charge in [0.05, 0.1) is 0 Å². The van der Waals surface area contributed by atoms with Crippen LogP contribution in [0.1, 0.15) is 32.6 Å². The summed E-state index contributed by atoms with van der Waals surface area (Å²) in [5, 5.41) is 0.802. The van der Waals surface area contributed by atoms with E-state index in [1.807, 2.05) is 11.8 Å². The molecule has 2 nitrogen and oxygen atoms in total.